The van der Waals surface area contributed by atoms with Gasteiger partial charge in [-0.25, -0.2) is 4.98 Å². The van der Waals surface area contributed by atoms with Crippen LogP contribution < -0.4 is 20.3 Å². The number of carbonyl (C=O) groups excluding carboxylic acids is 1. The summed E-state index contributed by atoms with van der Waals surface area (Å²) in [6, 6.07) is 20.8. The lowest BCUT2D eigenvalue weighted by atomic mass is 9.96. The maximum absolute atomic E-state index is 13.9. The van der Waals surface area contributed by atoms with E-state index in [1.807, 2.05) is 52.0 Å². The van der Waals surface area contributed by atoms with Crippen LogP contribution in [-0.2, 0) is 4.79 Å². The van der Waals surface area contributed by atoms with Gasteiger partial charge in [0.25, 0.3) is 11.5 Å². The standard InChI is InChI=1S/C35H32BrN5O6/c1-20(2)26-17-27(22(4)14-31(26)46-5)34-39-29-13-9-7-11-25(29)35(43)40(34)37-18-23-15-24(36)16-30(41(44)45)33(23)47-19-32(42)38-28-12-8-6-10-21(28)3/h6-18,20H,19H2,1-5H3,(H,38,42). The number of carbonyl (C=O) groups is 1. The highest BCUT2D eigenvalue weighted by atomic mass is 79.9. The number of aromatic nitrogens is 2. The average molecular weight is 699 g/mol. The van der Waals surface area contributed by atoms with Gasteiger partial charge in [0.1, 0.15) is 5.75 Å². The molecule has 1 N–H and O–H groups in total. The molecule has 0 atom stereocenters. The molecule has 11 nitrogen and oxygen atoms in total. The fraction of sp³-hybridized carbons (Fsp3) is 0.200. The van der Waals surface area contributed by atoms with Crippen molar-refractivity contribution < 1.29 is 19.2 Å². The van der Waals surface area contributed by atoms with E-state index in [4.69, 9.17) is 14.5 Å². The lowest BCUT2D eigenvalue weighted by Gasteiger charge is -2.17. The lowest BCUT2D eigenvalue weighted by molar-refractivity contribution is -0.385. The van der Waals surface area contributed by atoms with E-state index in [0.717, 1.165) is 16.7 Å². The average Bonchev–Trinajstić information content (AvgIpc) is 3.04. The van der Waals surface area contributed by atoms with Crippen LogP contribution in [0.2, 0.25) is 0 Å². The summed E-state index contributed by atoms with van der Waals surface area (Å²) in [6.45, 7) is 7.31. The number of anilines is 1. The van der Waals surface area contributed by atoms with E-state index in [1.165, 1.54) is 17.0 Å². The highest BCUT2D eigenvalue weighted by Crippen LogP contribution is 2.36. The Morgan fingerprint density at radius 1 is 1.09 bits per heavy atom. The van der Waals surface area contributed by atoms with Crippen molar-refractivity contribution in [3.8, 4) is 22.9 Å². The van der Waals surface area contributed by atoms with Crippen molar-refractivity contribution in [1.29, 1.82) is 0 Å². The van der Waals surface area contributed by atoms with Crippen molar-refractivity contribution >= 4 is 50.3 Å². The molecule has 4 aromatic carbocycles. The third-order valence-corrected chi connectivity index (χ3v) is 7.99. The second-order valence-corrected chi connectivity index (χ2v) is 12.0. The van der Waals surface area contributed by atoms with Gasteiger partial charge in [0.2, 0.25) is 5.75 Å². The molecule has 0 aliphatic heterocycles. The van der Waals surface area contributed by atoms with Crippen LogP contribution in [0.1, 0.15) is 42.0 Å². The SMILES string of the molecule is COc1cc(C)c(-c2nc3ccccc3c(=O)n2N=Cc2cc(Br)cc([N+](=O)[O-])c2OCC(=O)Nc2ccccc2C)cc1C(C)C. The Balaban J connectivity index is 1.62. The molecule has 0 aliphatic rings. The molecule has 1 aromatic heterocycles. The molecule has 47 heavy (non-hydrogen) atoms. The van der Waals surface area contributed by atoms with Crippen LogP contribution in [0.5, 0.6) is 11.5 Å². The Morgan fingerprint density at radius 3 is 2.51 bits per heavy atom. The first-order chi connectivity index (χ1) is 22.5. The number of halogens is 1. The number of aryl methyl sites for hydroxylation is 2. The minimum absolute atomic E-state index is 0.110. The largest absolute Gasteiger partial charge is 0.496 e. The van der Waals surface area contributed by atoms with Gasteiger partial charge in [-0.3, -0.25) is 19.7 Å². The topological polar surface area (TPSA) is 138 Å². The summed E-state index contributed by atoms with van der Waals surface area (Å²) >= 11 is 3.32. The second kappa shape index (κ2) is 14.0. The van der Waals surface area contributed by atoms with E-state index in [0.29, 0.717) is 32.4 Å². The monoisotopic (exact) mass is 697 g/mol. The minimum atomic E-state index is -0.611. The fourth-order valence-electron chi connectivity index (χ4n) is 5.12. The van der Waals surface area contributed by atoms with E-state index in [9.17, 15) is 19.7 Å². The normalized spacial score (nSPS) is 11.3. The Kier molecular flexibility index (Phi) is 9.80. The molecule has 5 rings (SSSR count). The van der Waals surface area contributed by atoms with Crippen LogP contribution in [-0.4, -0.2) is 40.4 Å². The number of para-hydroxylation sites is 2. The molecule has 1 amide bonds. The molecule has 0 saturated carbocycles. The molecular weight excluding hydrogens is 666 g/mol. The first-order valence-electron chi connectivity index (χ1n) is 14.7. The summed E-state index contributed by atoms with van der Waals surface area (Å²) in [6.07, 6.45) is 1.29. The van der Waals surface area contributed by atoms with Gasteiger partial charge in [0, 0.05) is 27.4 Å². The van der Waals surface area contributed by atoms with Gasteiger partial charge in [-0.1, -0.05) is 60.1 Å². The quantitative estimate of drug-likeness (QED) is 0.0913. The van der Waals surface area contributed by atoms with Crippen molar-refractivity contribution in [2.75, 3.05) is 19.0 Å². The first kappa shape index (κ1) is 33.0. The molecular formula is C35H32BrN5O6. The smallest absolute Gasteiger partial charge is 0.312 e. The zero-order valence-electron chi connectivity index (χ0n) is 26.4. The molecule has 12 heteroatoms. The van der Waals surface area contributed by atoms with Gasteiger partial charge in [-0.05, 0) is 72.9 Å². The van der Waals surface area contributed by atoms with E-state index >= 15 is 0 Å². The summed E-state index contributed by atoms with van der Waals surface area (Å²) < 4.78 is 12.9. The van der Waals surface area contributed by atoms with Crippen LogP contribution in [0.3, 0.4) is 0 Å². The third kappa shape index (κ3) is 7.07. The molecule has 1 heterocycles. The second-order valence-electron chi connectivity index (χ2n) is 11.1. The van der Waals surface area contributed by atoms with Crippen LogP contribution in [0.25, 0.3) is 22.3 Å². The Hall–Kier alpha value is -5.36. The summed E-state index contributed by atoms with van der Waals surface area (Å²) in [7, 11) is 1.61. The number of benzene rings is 4. The van der Waals surface area contributed by atoms with Gasteiger partial charge >= 0.3 is 5.69 Å². The molecule has 0 fully saturated rings. The fourth-order valence-corrected chi connectivity index (χ4v) is 5.58. The summed E-state index contributed by atoms with van der Waals surface area (Å²) in [5.74, 6) is 0.407. The van der Waals surface area contributed by atoms with Crippen LogP contribution >= 0.6 is 15.9 Å². The van der Waals surface area contributed by atoms with Crippen LogP contribution in [0.4, 0.5) is 11.4 Å². The molecule has 0 unspecified atom stereocenters. The van der Waals surface area contributed by atoms with Crippen LogP contribution in [0.15, 0.2) is 87.2 Å². The van der Waals surface area contributed by atoms with Gasteiger partial charge in [0.15, 0.2) is 12.4 Å². The maximum atomic E-state index is 13.9. The molecule has 0 radical (unpaired) electrons. The zero-order valence-corrected chi connectivity index (χ0v) is 28.0. The molecule has 240 valence electrons. The summed E-state index contributed by atoms with van der Waals surface area (Å²) in [5.41, 5.74) is 3.66. The number of nitro groups is 1. The first-order valence-corrected chi connectivity index (χ1v) is 15.5. The lowest BCUT2D eigenvalue weighted by Crippen LogP contribution is -2.22. The molecule has 5 aromatic rings. The molecule has 0 aliphatic carbocycles. The van der Waals surface area contributed by atoms with Gasteiger partial charge in [-0.15, -0.1) is 0 Å². The number of fused-ring (bicyclic) bond motifs is 1. The summed E-state index contributed by atoms with van der Waals surface area (Å²) in [4.78, 5) is 43.0. The van der Waals surface area contributed by atoms with Crippen molar-refractivity contribution in [2.24, 2.45) is 5.10 Å². The van der Waals surface area contributed by atoms with Gasteiger partial charge in [0.05, 0.1) is 29.2 Å². The van der Waals surface area contributed by atoms with E-state index in [1.54, 1.807) is 49.6 Å². The Morgan fingerprint density at radius 2 is 1.81 bits per heavy atom. The number of nitrogens with one attached hydrogen (secondary N) is 1. The number of amides is 1. The van der Waals surface area contributed by atoms with E-state index in [2.05, 4.69) is 26.3 Å². The highest BCUT2D eigenvalue weighted by Gasteiger charge is 2.23. The predicted molar refractivity (Wildman–Crippen MR) is 186 cm³/mol. The Bertz CT molecular complexity index is 2110. The van der Waals surface area contributed by atoms with Crippen LogP contribution in [0, 0.1) is 24.0 Å². The van der Waals surface area contributed by atoms with Crippen molar-refractivity contribution in [3.63, 3.8) is 0 Å². The highest BCUT2D eigenvalue weighted by molar-refractivity contribution is 9.10. The van der Waals surface area contributed by atoms with Crippen molar-refractivity contribution in [2.45, 2.75) is 33.6 Å². The molecule has 0 spiro atoms. The van der Waals surface area contributed by atoms with E-state index < -0.39 is 23.0 Å². The Labute approximate surface area is 279 Å². The number of hydrogen-bond donors (Lipinski definition) is 1. The maximum Gasteiger partial charge on any atom is 0.312 e. The van der Waals surface area contributed by atoms with E-state index in [-0.39, 0.29) is 28.7 Å². The third-order valence-electron chi connectivity index (χ3n) is 7.53. The molecule has 0 saturated heterocycles. The van der Waals surface area contributed by atoms with Gasteiger partial charge < -0.3 is 14.8 Å². The number of nitro benzene ring substituents is 1. The number of ether oxygens (including phenoxy) is 2. The van der Waals surface area contributed by atoms with Gasteiger partial charge in [-0.2, -0.15) is 9.78 Å². The van der Waals surface area contributed by atoms with Crippen molar-refractivity contribution in [1.82, 2.24) is 9.66 Å². The minimum Gasteiger partial charge on any atom is -0.496 e. The predicted octanol–water partition coefficient (Wildman–Crippen LogP) is 7.38. The number of hydrogen-bond acceptors (Lipinski definition) is 8. The summed E-state index contributed by atoms with van der Waals surface area (Å²) in [5, 5.41) is 19.7. The number of nitrogens with zero attached hydrogens (tertiary/aromatic N) is 4. The number of rotatable bonds is 10. The van der Waals surface area contributed by atoms with Crippen molar-refractivity contribution in [3.05, 3.63) is 120 Å². The zero-order chi connectivity index (χ0) is 33.8. The number of methoxy groups -OCH3 is 1. The molecule has 0 bridgehead atoms.